The number of rotatable bonds is 7. The van der Waals surface area contributed by atoms with E-state index < -0.39 is 36.5 Å². The standard InChI is InChI=1S/C23H30N4O6S/c24-20(28)22-11-14-9-15(12-22)19(16(10-14)13-22)25-21(29)23(7-3-4-8-23)26-34(32,33)18-6-2-1-5-17(18)27(30)31/h1-2,5-6,14-16,19,26H,3-4,7-13H2,(H2,24,28)(H,25,29). The number of para-hydroxylation sites is 1. The number of nitrogens with one attached hydrogen (secondary N) is 2. The number of primary amides is 1. The molecule has 34 heavy (non-hydrogen) atoms. The molecule has 5 aliphatic carbocycles. The Bertz CT molecular complexity index is 1130. The van der Waals surface area contributed by atoms with Crippen molar-refractivity contribution in [2.24, 2.45) is 28.9 Å². The Morgan fingerprint density at radius 3 is 2.26 bits per heavy atom. The second kappa shape index (κ2) is 8.01. The lowest BCUT2D eigenvalue weighted by Crippen LogP contribution is -2.65. The lowest BCUT2D eigenvalue weighted by molar-refractivity contribution is -0.387. The van der Waals surface area contributed by atoms with Gasteiger partial charge in [-0.1, -0.05) is 25.0 Å². The molecule has 11 heteroatoms. The van der Waals surface area contributed by atoms with Crippen LogP contribution < -0.4 is 15.8 Å². The van der Waals surface area contributed by atoms with E-state index in [-0.39, 0.29) is 29.7 Å². The van der Waals surface area contributed by atoms with Crippen molar-refractivity contribution >= 4 is 27.5 Å². The molecule has 0 radical (unpaired) electrons. The first-order chi connectivity index (χ1) is 16.1. The van der Waals surface area contributed by atoms with Gasteiger partial charge in [-0.3, -0.25) is 19.7 Å². The Balaban J connectivity index is 1.39. The summed E-state index contributed by atoms with van der Waals surface area (Å²) in [7, 11) is -4.32. The van der Waals surface area contributed by atoms with Gasteiger partial charge in [0.1, 0.15) is 5.54 Å². The van der Waals surface area contributed by atoms with Gasteiger partial charge < -0.3 is 11.1 Å². The summed E-state index contributed by atoms with van der Waals surface area (Å²) >= 11 is 0. The minimum atomic E-state index is -4.32. The molecule has 184 valence electrons. The summed E-state index contributed by atoms with van der Waals surface area (Å²) in [6.07, 6.45) is 6.04. The van der Waals surface area contributed by atoms with Gasteiger partial charge in [-0.05, 0) is 68.8 Å². The predicted molar refractivity (Wildman–Crippen MR) is 122 cm³/mol. The van der Waals surface area contributed by atoms with Crippen LogP contribution in [0.5, 0.6) is 0 Å². The molecule has 1 aromatic carbocycles. The summed E-state index contributed by atoms with van der Waals surface area (Å²) in [5.41, 5.74) is 3.42. The highest BCUT2D eigenvalue weighted by Gasteiger charge is 2.59. The first-order valence-corrected chi connectivity index (χ1v) is 13.4. The Kier molecular flexibility index (Phi) is 5.47. The van der Waals surface area contributed by atoms with Crippen LogP contribution in [-0.4, -0.2) is 36.7 Å². The lowest BCUT2D eigenvalue weighted by Gasteiger charge is -2.59. The molecule has 4 bridgehead atoms. The average molecular weight is 491 g/mol. The first kappa shape index (κ1) is 23.2. The van der Waals surface area contributed by atoms with Crippen molar-refractivity contribution in [3.63, 3.8) is 0 Å². The van der Waals surface area contributed by atoms with Gasteiger partial charge in [0, 0.05) is 17.5 Å². The highest BCUT2D eigenvalue weighted by molar-refractivity contribution is 7.89. The van der Waals surface area contributed by atoms with Gasteiger partial charge in [0.15, 0.2) is 4.90 Å². The first-order valence-electron chi connectivity index (χ1n) is 11.9. The van der Waals surface area contributed by atoms with E-state index in [4.69, 9.17) is 5.73 Å². The van der Waals surface area contributed by atoms with Crippen LogP contribution in [-0.2, 0) is 19.6 Å². The third-order valence-electron chi connectivity index (χ3n) is 8.67. The van der Waals surface area contributed by atoms with E-state index in [1.165, 1.54) is 18.2 Å². The van der Waals surface area contributed by atoms with E-state index in [0.717, 1.165) is 25.3 Å². The minimum Gasteiger partial charge on any atom is -0.369 e. The number of benzene rings is 1. The average Bonchev–Trinajstić information content (AvgIpc) is 3.24. The molecule has 6 rings (SSSR count). The zero-order valence-electron chi connectivity index (χ0n) is 18.9. The van der Waals surface area contributed by atoms with Crippen molar-refractivity contribution in [3.05, 3.63) is 34.4 Å². The zero-order chi connectivity index (χ0) is 24.3. The second-order valence-corrected chi connectivity index (χ2v) is 12.4. The van der Waals surface area contributed by atoms with E-state index in [9.17, 15) is 28.1 Å². The SMILES string of the molecule is NC(=O)C12CC3CC(C1)C(NC(=O)C1(NS(=O)(=O)c4ccccc4[N+](=O)[O-])CCCC1)C(C3)C2. The zero-order valence-corrected chi connectivity index (χ0v) is 19.7. The van der Waals surface area contributed by atoms with E-state index in [2.05, 4.69) is 10.0 Å². The van der Waals surface area contributed by atoms with Crippen LogP contribution in [0.2, 0.25) is 0 Å². The number of nitro benzene ring substituents is 1. The topological polar surface area (TPSA) is 162 Å². The van der Waals surface area contributed by atoms with Gasteiger partial charge >= 0.3 is 0 Å². The monoisotopic (exact) mass is 490 g/mol. The molecule has 0 spiro atoms. The van der Waals surface area contributed by atoms with Crippen LogP contribution in [0.4, 0.5) is 5.69 Å². The largest absolute Gasteiger partial charge is 0.369 e. The summed E-state index contributed by atoms with van der Waals surface area (Å²) in [4.78, 5) is 36.1. The molecular weight excluding hydrogens is 460 g/mol. The fourth-order valence-corrected chi connectivity index (χ4v) is 8.95. The smallest absolute Gasteiger partial charge is 0.289 e. The maximum atomic E-state index is 13.6. The van der Waals surface area contributed by atoms with Crippen molar-refractivity contribution in [2.45, 2.75) is 74.3 Å². The molecule has 0 aromatic heterocycles. The van der Waals surface area contributed by atoms with E-state index in [0.29, 0.717) is 44.4 Å². The normalized spacial score (nSPS) is 33.5. The Morgan fingerprint density at radius 1 is 1.06 bits per heavy atom. The van der Waals surface area contributed by atoms with Crippen molar-refractivity contribution in [1.29, 1.82) is 0 Å². The maximum Gasteiger partial charge on any atom is 0.289 e. The fraction of sp³-hybridized carbons (Fsp3) is 0.652. The summed E-state index contributed by atoms with van der Waals surface area (Å²) in [6.45, 7) is 0. The molecule has 0 saturated heterocycles. The van der Waals surface area contributed by atoms with Gasteiger partial charge in [-0.15, -0.1) is 0 Å². The molecule has 2 amide bonds. The number of nitrogens with two attached hydrogens (primary N) is 1. The maximum absolute atomic E-state index is 13.6. The molecule has 2 atom stereocenters. The Labute approximate surface area is 198 Å². The van der Waals surface area contributed by atoms with E-state index in [1.54, 1.807) is 0 Å². The predicted octanol–water partition coefficient (Wildman–Crippen LogP) is 1.98. The summed E-state index contributed by atoms with van der Waals surface area (Å²) < 4.78 is 29.0. The van der Waals surface area contributed by atoms with E-state index in [1.807, 2.05) is 0 Å². The third kappa shape index (κ3) is 3.69. The van der Waals surface area contributed by atoms with Crippen LogP contribution in [0, 0.1) is 33.3 Å². The number of nitro groups is 1. The highest BCUT2D eigenvalue weighted by atomic mass is 32.2. The number of carbonyl (C=O) groups excluding carboxylic acids is 2. The molecule has 5 saturated carbocycles. The molecular formula is C23H30N4O6S. The highest BCUT2D eigenvalue weighted by Crippen LogP contribution is 2.60. The third-order valence-corrected chi connectivity index (χ3v) is 10.3. The van der Waals surface area contributed by atoms with Crippen molar-refractivity contribution in [1.82, 2.24) is 10.0 Å². The molecule has 10 nitrogen and oxygen atoms in total. The Hall–Kier alpha value is -2.53. The number of hydrogen-bond donors (Lipinski definition) is 3. The fourth-order valence-electron chi connectivity index (χ4n) is 7.35. The second-order valence-electron chi connectivity index (χ2n) is 10.7. The van der Waals surface area contributed by atoms with Gasteiger partial charge in [0.05, 0.1) is 4.92 Å². The number of amides is 2. The number of carbonyl (C=O) groups is 2. The van der Waals surface area contributed by atoms with Crippen LogP contribution in [0.15, 0.2) is 29.2 Å². The van der Waals surface area contributed by atoms with Gasteiger partial charge in [-0.25, -0.2) is 8.42 Å². The van der Waals surface area contributed by atoms with Crippen LogP contribution in [0.25, 0.3) is 0 Å². The van der Waals surface area contributed by atoms with Gasteiger partial charge in [0.25, 0.3) is 5.69 Å². The number of nitrogens with zero attached hydrogens (tertiary/aromatic N) is 1. The molecule has 1 aromatic rings. The molecule has 0 aliphatic heterocycles. The van der Waals surface area contributed by atoms with Crippen molar-refractivity contribution in [3.8, 4) is 0 Å². The van der Waals surface area contributed by atoms with Crippen LogP contribution >= 0.6 is 0 Å². The van der Waals surface area contributed by atoms with Crippen LogP contribution in [0.3, 0.4) is 0 Å². The summed E-state index contributed by atoms with van der Waals surface area (Å²) in [6, 6.07) is 5.03. The molecule has 4 N–H and O–H groups in total. The van der Waals surface area contributed by atoms with Crippen molar-refractivity contribution in [2.75, 3.05) is 0 Å². The number of sulfonamides is 1. The molecule has 5 fully saturated rings. The summed E-state index contributed by atoms with van der Waals surface area (Å²) in [5, 5.41) is 14.6. The Morgan fingerprint density at radius 2 is 1.68 bits per heavy atom. The molecule has 0 heterocycles. The molecule has 5 aliphatic rings. The van der Waals surface area contributed by atoms with Crippen LogP contribution in [0.1, 0.15) is 57.8 Å². The van der Waals surface area contributed by atoms with Crippen molar-refractivity contribution < 1.29 is 22.9 Å². The quantitative estimate of drug-likeness (QED) is 0.391. The minimum absolute atomic E-state index is 0.121. The molecule has 2 unspecified atom stereocenters. The number of hydrogen-bond acceptors (Lipinski definition) is 6. The van der Waals surface area contributed by atoms with Gasteiger partial charge in [-0.2, -0.15) is 4.72 Å². The van der Waals surface area contributed by atoms with Gasteiger partial charge in [0.2, 0.25) is 21.8 Å². The lowest BCUT2D eigenvalue weighted by atomic mass is 9.47. The van der Waals surface area contributed by atoms with E-state index >= 15 is 0 Å². The summed E-state index contributed by atoms with van der Waals surface area (Å²) in [5.74, 6) is 0.107.